The fourth-order valence-corrected chi connectivity index (χ4v) is 3.34. The molecular formula is C10H17NO2. The maximum atomic E-state index is 5.64. The first-order valence-electron chi connectivity index (χ1n) is 5.18. The van der Waals surface area contributed by atoms with Gasteiger partial charge in [-0.1, -0.05) is 13.8 Å². The molecule has 3 saturated heterocycles. The first-order chi connectivity index (χ1) is 6.24. The highest BCUT2D eigenvalue weighted by Gasteiger charge is 2.64. The fraction of sp³-hybridized carbons (Fsp3) is 1.00. The molecule has 0 aromatic rings. The molecule has 3 aliphatic rings. The molecule has 0 spiro atoms. The largest absolute Gasteiger partial charge is 0.381 e. The highest BCUT2D eigenvalue weighted by atomic mass is 16.6. The van der Waals surface area contributed by atoms with E-state index in [0.29, 0.717) is 42.2 Å². The molecule has 2 bridgehead atoms. The van der Waals surface area contributed by atoms with Gasteiger partial charge in [0.25, 0.3) is 0 Å². The van der Waals surface area contributed by atoms with E-state index in [2.05, 4.69) is 19.2 Å². The van der Waals surface area contributed by atoms with E-state index in [0.717, 1.165) is 0 Å². The van der Waals surface area contributed by atoms with Crippen LogP contribution in [-0.2, 0) is 9.47 Å². The molecule has 0 saturated carbocycles. The minimum Gasteiger partial charge on any atom is -0.381 e. The lowest BCUT2D eigenvalue weighted by Crippen LogP contribution is -2.56. The molecule has 13 heavy (non-hydrogen) atoms. The molecular weight excluding hydrogens is 166 g/mol. The Kier molecular flexibility index (Phi) is 1.56. The molecule has 3 nitrogen and oxygen atoms in total. The maximum absolute atomic E-state index is 5.64. The lowest BCUT2D eigenvalue weighted by Gasteiger charge is -2.41. The van der Waals surface area contributed by atoms with Gasteiger partial charge in [-0.2, -0.15) is 0 Å². The first-order valence-corrected chi connectivity index (χ1v) is 5.18. The second-order valence-corrected chi connectivity index (χ2v) is 4.70. The van der Waals surface area contributed by atoms with E-state index in [9.17, 15) is 0 Å². The molecule has 1 unspecified atom stereocenters. The minimum atomic E-state index is 0.410. The smallest absolute Gasteiger partial charge is 0.101 e. The van der Waals surface area contributed by atoms with Crippen molar-refractivity contribution in [2.24, 2.45) is 11.8 Å². The predicted octanol–water partition coefficient (Wildman–Crippen LogP) is 0.395. The van der Waals surface area contributed by atoms with Crippen LogP contribution in [-0.4, -0.2) is 37.5 Å². The lowest BCUT2D eigenvalue weighted by molar-refractivity contribution is -0.0421. The second kappa shape index (κ2) is 2.47. The summed E-state index contributed by atoms with van der Waals surface area (Å²) in [7, 11) is 1.83. The Labute approximate surface area is 78.8 Å². The number of rotatable bonds is 1. The van der Waals surface area contributed by atoms with Crippen LogP contribution in [0.3, 0.4) is 0 Å². The van der Waals surface area contributed by atoms with Crippen molar-refractivity contribution in [1.29, 1.82) is 0 Å². The summed E-state index contributed by atoms with van der Waals surface area (Å²) < 4.78 is 11.2. The van der Waals surface area contributed by atoms with Gasteiger partial charge in [0.15, 0.2) is 0 Å². The molecule has 1 N–H and O–H groups in total. The van der Waals surface area contributed by atoms with E-state index in [1.54, 1.807) is 0 Å². The molecule has 0 aliphatic carbocycles. The average molecular weight is 183 g/mol. The van der Waals surface area contributed by atoms with Gasteiger partial charge >= 0.3 is 0 Å². The number of hydrogen-bond acceptors (Lipinski definition) is 3. The molecule has 3 fully saturated rings. The number of piperidine rings is 1. The van der Waals surface area contributed by atoms with Crippen LogP contribution in [0.2, 0.25) is 0 Å². The van der Waals surface area contributed by atoms with Crippen LogP contribution >= 0.6 is 0 Å². The molecule has 0 aromatic carbocycles. The van der Waals surface area contributed by atoms with Gasteiger partial charge in [-0.15, -0.1) is 0 Å². The number of methoxy groups -OCH3 is 1. The van der Waals surface area contributed by atoms with Crippen molar-refractivity contribution in [3.05, 3.63) is 0 Å². The SMILES string of the molecule is COC1[C@@H](C)[C@@H]2N[C@@H]([C@H]3O[C@@H]23)[C@H]1C. The second-order valence-electron chi connectivity index (χ2n) is 4.70. The normalized spacial score (nSPS) is 63.5. The third-order valence-electron chi connectivity index (χ3n) is 4.10. The van der Waals surface area contributed by atoms with Crippen LogP contribution in [0.1, 0.15) is 13.8 Å². The van der Waals surface area contributed by atoms with Gasteiger partial charge in [0.2, 0.25) is 0 Å². The number of hydrogen-bond donors (Lipinski definition) is 1. The Hall–Kier alpha value is -0.120. The molecule has 74 valence electrons. The summed E-state index contributed by atoms with van der Waals surface area (Å²) in [6, 6.07) is 1.08. The van der Waals surface area contributed by atoms with Crippen molar-refractivity contribution >= 4 is 0 Å². The van der Waals surface area contributed by atoms with Crippen LogP contribution in [0.4, 0.5) is 0 Å². The lowest BCUT2D eigenvalue weighted by atomic mass is 9.83. The van der Waals surface area contributed by atoms with Gasteiger partial charge in [0.1, 0.15) is 12.2 Å². The summed E-state index contributed by atoms with van der Waals surface area (Å²) in [5.74, 6) is 1.16. The zero-order valence-corrected chi connectivity index (χ0v) is 8.36. The summed E-state index contributed by atoms with van der Waals surface area (Å²) >= 11 is 0. The van der Waals surface area contributed by atoms with Gasteiger partial charge in [-0.3, -0.25) is 0 Å². The Bertz CT molecular complexity index is 213. The van der Waals surface area contributed by atoms with Crippen LogP contribution in [0.5, 0.6) is 0 Å². The minimum absolute atomic E-state index is 0.410. The topological polar surface area (TPSA) is 33.8 Å². The highest BCUT2D eigenvalue weighted by molar-refractivity contribution is 5.17. The van der Waals surface area contributed by atoms with Crippen LogP contribution < -0.4 is 5.32 Å². The Morgan fingerprint density at radius 2 is 1.62 bits per heavy atom. The van der Waals surface area contributed by atoms with Crippen LogP contribution in [0.25, 0.3) is 0 Å². The van der Waals surface area contributed by atoms with E-state index >= 15 is 0 Å². The zero-order valence-electron chi connectivity index (χ0n) is 8.36. The monoisotopic (exact) mass is 183 g/mol. The molecule has 0 radical (unpaired) electrons. The van der Waals surface area contributed by atoms with Crippen molar-refractivity contribution in [2.45, 2.75) is 44.2 Å². The van der Waals surface area contributed by atoms with E-state index in [1.165, 1.54) is 0 Å². The fourth-order valence-electron chi connectivity index (χ4n) is 3.34. The quantitative estimate of drug-likeness (QED) is 0.597. The number of morpholine rings is 1. The molecule has 3 heterocycles. The van der Waals surface area contributed by atoms with Crippen molar-refractivity contribution in [1.82, 2.24) is 5.32 Å². The van der Waals surface area contributed by atoms with Crippen molar-refractivity contribution in [3.8, 4) is 0 Å². The van der Waals surface area contributed by atoms with Crippen LogP contribution in [0, 0.1) is 11.8 Å². The van der Waals surface area contributed by atoms with Gasteiger partial charge < -0.3 is 14.8 Å². The predicted molar refractivity (Wildman–Crippen MR) is 48.5 cm³/mol. The van der Waals surface area contributed by atoms with Gasteiger partial charge in [0, 0.05) is 31.0 Å². The van der Waals surface area contributed by atoms with Crippen LogP contribution in [0.15, 0.2) is 0 Å². The van der Waals surface area contributed by atoms with Gasteiger partial charge in [-0.05, 0) is 0 Å². The molecule has 3 heteroatoms. The zero-order chi connectivity index (χ0) is 9.16. The summed E-state index contributed by atoms with van der Waals surface area (Å²) in [6.45, 7) is 4.53. The average Bonchev–Trinajstić information content (AvgIpc) is 2.81. The van der Waals surface area contributed by atoms with Crippen molar-refractivity contribution in [3.63, 3.8) is 0 Å². The van der Waals surface area contributed by atoms with E-state index < -0.39 is 0 Å². The first kappa shape index (κ1) is 8.21. The third kappa shape index (κ3) is 0.901. The maximum Gasteiger partial charge on any atom is 0.101 e. The number of fused-ring (bicyclic) bond motifs is 5. The molecule has 3 rings (SSSR count). The standard InChI is InChI=1S/C10H17NO2/c1-4-6-9-10(13-9)7(11-6)5(2)8(4)12-3/h4-11H,1-3H3/t4-,5+,6-,7+,8?,9-,10+. The third-order valence-corrected chi connectivity index (χ3v) is 4.10. The van der Waals surface area contributed by atoms with Crippen molar-refractivity contribution < 1.29 is 9.47 Å². The van der Waals surface area contributed by atoms with E-state index in [-0.39, 0.29) is 0 Å². The highest BCUT2D eigenvalue weighted by Crippen LogP contribution is 2.47. The Morgan fingerprint density at radius 1 is 1.08 bits per heavy atom. The van der Waals surface area contributed by atoms with Crippen molar-refractivity contribution in [2.75, 3.05) is 7.11 Å². The molecule has 0 aromatic heterocycles. The number of ether oxygens (including phenoxy) is 2. The molecule has 3 aliphatic heterocycles. The number of epoxide rings is 1. The van der Waals surface area contributed by atoms with Gasteiger partial charge in [-0.25, -0.2) is 0 Å². The summed E-state index contributed by atoms with van der Waals surface area (Å²) in [5, 5.41) is 3.65. The van der Waals surface area contributed by atoms with E-state index in [4.69, 9.17) is 9.47 Å². The summed E-state index contributed by atoms with van der Waals surface area (Å²) in [5.41, 5.74) is 0. The summed E-state index contributed by atoms with van der Waals surface area (Å²) in [4.78, 5) is 0. The van der Waals surface area contributed by atoms with Gasteiger partial charge in [0.05, 0.1) is 6.10 Å². The molecule has 7 atom stereocenters. The Morgan fingerprint density at radius 3 is 2.08 bits per heavy atom. The van der Waals surface area contributed by atoms with E-state index in [1.807, 2.05) is 7.11 Å². The Balaban J connectivity index is 1.89. The number of nitrogens with one attached hydrogen (secondary N) is 1. The summed E-state index contributed by atoms with van der Waals surface area (Å²) in [6.07, 6.45) is 1.39. The molecule has 0 amide bonds.